The third-order valence-electron chi connectivity index (χ3n) is 4.25. The topological polar surface area (TPSA) is 199 Å². The van der Waals surface area contributed by atoms with Gasteiger partial charge in [-0.3, -0.25) is 18.5 Å². The van der Waals surface area contributed by atoms with Gasteiger partial charge in [-0.05, 0) is 6.92 Å². The first-order valence-corrected chi connectivity index (χ1v) is 10.3. The van der Waals surface area contributed by atoms with Crippen molar-refractivity contribution >= 4 is 43.1 Å². The lowest BCUT2D eigenvalue weighted by atomic mass is 10.2. The van der Waals surface area contributed by atoms with Crippen molar-refractivity contribution in [2.24, 2.45) is 0 Å². The van der Waals surface area contributed by atoms with Crippen molar-refractivity contribution < 1.29 is 37.9 Å². The van der Waals surface area contributed by atoms with Crippen LogP contribution in [0.1, 0.15) is 13.2 Å². The van der Waals surface area contributed by atoms with Gasteiger partial charge in [0.15, 0.2) is 23.1 Å². The number of nitrogens with zero attached hydrogens (tertiary/aromatic N) is 3. The minimum atomic E-state index is -5.18. The summed E-state index contributed by atoms with van der Waals surface area (Å²) in [7, 11) is -5.18. The van der Waals surface area contributed by atoms with Crippen LogP contribution in [0.15, 0.2) is 6.33 Å². The largest absolute Gasteiger partial charge is 0.756 e. The molecule has 0 saturated carbocycles. The summed E-state index contributed by atoms with van der Waals surface area (Å²) in [5.41, 5.74) is 6.34. The van der Waals surface area contributed by atoms with Gasteiger partial charge in [0, 0.05) is 6.54 Å². The van der Waals surface area contributed by atoms with E-state index in [4.69, 9.17) is 37.1 Å². The van der Waals surface area contributed by atoms with Gasteiger partial charge in [0.2, 0.25) is 6.29 Å². The number of aromatic amines is 1. The van der Waals surface area contributed by atoms with E-state index in [1.807, 2.05) is 0 Å². The van der Waals surface area contributed by atoms with E-state index < -0.39 is 44.7 Å². The van der Waals surface area contributed by atoms with Crippen LogP contribution in [-0.2, 0) is 28.1 Å². The number of aromatic nitrogens is 4. The van der Waals surface area contributed by atoms with Gasteiger partial charge in [-0.2, -0.15) is 0 Å². The number of hydrogen-bond donors (Lipinski definition) is 4. The fourth-order valence-corrected chi connectivity index (χ4v) is 3.86. The van der Waals surface area contributed by atoms with Crippen molar-refractivity contribution in [1.82, 2.24) is 24.8 Å². The van der Waals surface area contributed by atoms with Crippen LogP contribution in [0.3, 0.4) is 0 Å². The number of hydrogen-bond acceptors (Lipinski definition) is 11. The molecule has 2 aromatic rings. The molecule has 16 heteroatoms. The summed E-state index contributed by atoms with van der Waals surface area (Å²) in [5, 5.41) is 2.53. The summed E-state index contributed by atoms with van der Waals surface area (Å²) < 4.78 is 34.1. The van der Waals surface area contributed by atoms with E-state index in [9.17, 15) is 14.3 Å². The highest BCUT2D eigenvalue weighted by atomic mass is 32.1. The second-order valence-corrected chi connectivity index (χ2v) is 7.71. The molecule has 6 unspecified atom stereocenters. The molecule has 14 nitrogen and oxygen atoms in total. The van der Waals surface area contributed by atoms with Gasteiger partial charge >= 0.3 is 0 Å². The van der Waals surface area contributed by atoms with Crippen LogP contribution in [0.4, 0.5) is 5.95 Å². The molecule has 0 radical (unpaired) electrons. The van der Waals surface area contributed by atoms with Crippen LogP contribution in [0.5, 0.6) is 0 Å². The molecule has 0 bridgehead atoms. The lowest BCUT2D eigenvalue weighted by Gasteiger charge is -2.24. The Morgan fingerprint density at radius 3 is 2.93 bits per heavy atom. The third-order valence-corrected chi connectivity index (χ3v) is 5.01. The van der Waals surface area contributed by atoms with E-state index >= 15 is 0 Å². The first-order chi connectivity index (χ1) is 13.7. The molecule has 2 fully saturated rings. The van der Waals surface area contributed by atoms with E-state index in [0.717, 1.165) is 0 Å². The number of phosphoric ester groups is 1. The summed E-state index contributed by atoms with van der Waals surface area (Å²) in [6.07, 6.45) is -4.71. The molecule has 158 valence electrons. The third kappa shape index (κ3) is 3.78. The lowest BCUT2D eigenvalue weighted by Crippen LogP contribution is -2.37. The van der Waals surface area contributed by atoms with Crippen molar-refractivity contribution in [3.63, 3.8) is 0 Å². The van der Waals surface area contributed by atoms with E-state index in [-0.39, 0.29) is 10.6 Å². The Balaban J connectivity index is 1.71. The molecule has 2 saturated heterocycles. The summed E-state index contributed by atoms with van der Waals surface area (Å²) in [6.45, 7) is 2.04. The maximum atomic E-state index is 12.1. The van der Waals surface area contributed by atoms with Crippen LogP contribution in [0.2, 0.25) is 0 Å². The number of H-pyrrole nitrogens is 1. The number of amides is 1. The number of anilines is 1. The minimum absolute atomic E-state index is 0.0230. The Morgan fingerprint density at radius 2 is 2.24 bits per heavy atom. The molecule has 5 N–H and O–H groups in total. The van der Waals surface area contributed by atoms with E-state index in [1.165, 1.54) is 10.9 Å². The fraction of sp³-hybridized carbons (Fsp3) is 0.538. The molecule has 0 aliphatic carbocycles. The minimum Gasteiger partial charge on any atom is -0.756 e. The molecule has 2 aliphatic rings. The zero-order valence-corrected chi connectivity index (χ0v) is 16.5. The Labute approximate surface area is 167 Å². The Morgan fingerprint density at radius 1 is 1.52 bits per heavy atom. The summed E-state index contributed by atoms with van der Waals surface area (Å²) in [4.78, 5) is 43.2. The predicted octanol–water partition coefficient (Wildman–Crippen LogP) is -1.35. The van der Waals surface area contributed by atoms with Crippen LogP contribution >= 0.6 is 20.0 Å². The van der Waals surface area contributed by atoms with Gasteiger partial charge in [0.1, 0.15) is 23.4 Å². The number of phosphoric acid groups is 1. The molecule has 2 aliphatic heterocycles. The predicted molar refractivity (Wildman–Crippen MR) is 94.2 cm³/mol. The number of carbonyl (C=O) groups excluding carboxylic acids is 1. The number of imidazole rings is 1. The van der Waals surface area contributed by atoms with Gasteiger partial charge in [0.05, 0.1) is 6.33 Å². The van der Waals surface area contributed by atoms with Crippen molar-refractivity contribution in [3.05, 3.63) is 11.0 Å². The quantitative estimate of drug-likeness (QED) is 0.311. The van der Waals surface area contributed by atoms with Gasteiger partial charge in [-0.25, -0.2) is 9.97 Å². The molecule has 0 aromatic carbocycles. The van der Waals surface area contributed by atoms with Crippen LogP contribution in [0.25, 0.3) is 11.2 Å². The zero-order chi connectivity index (χ0) is 20.9. The number of likely N-dealkylation sites (N-methyl/N-ethyl adjacent to an activating group) is 1. The van der Waals surface area contributed by atoms with Gasteiger partial charge in [0.25, 0.3) is 13.7 Å². The molecule has 1 amide bonds. The van der Waals surface area contributed by atoms with Crippen molar-refractivity contribution in [3.8, 4) is 0 Å². The van der Waals surface area contributed by atoms with Gasteiger partial charge in [-0.15, -0.1) is 0 Å². The molecule has 29 heavy (non-hydrogen) atoms. The smallest absolute Gasteiger partial charge is 0.277 e. The van der Waals surface area contributed by atoms with E-state index in [1.54, 1.807) is 6.92 Å². The molecular weight excluding hydrogens is 431 g/mol. The molecule has 2 aromatic heterocycles. The summed E-state index contributed by atoms with van der Waals surface area (Å²) >= 11 is 5.13. The number of nitrogens with one attached hydrogen (secondary N) is 2. The number of rotatable bonds is 5. The lowest BCUT2D eigenvalue weighted by molar-refractivity contribution is -0.252. The molecule has 4 heterocycles. The van der Waals surface area contributed by atoms with Crippen molar-refractivity contribution in [2.45, 2.75) is 37.9 Å². The second kappa shape index (κ2) is 7.37. The van der Waals surface area contributed by atoms with Crippen LogP contribution in [0, 0.1) is 4.64 Å². The average molecular weight is 447 g/mol. The number of fused-ring (bicyclic) bond motifs is 2. The molecule has 0 spiro atoms. The normalized spacial score (nSPS) is 30.9. The highest BCUT2D eigenvalue weighted by Crippen LogP contribution is 2.45. The van der Waals surface area contributed by atoms with Crippen molar-refractivity contribution in [1.29, 1.82) is 0 Å². The molecule has 6 atom stereocenters. The highest BCUT2D eigenvalue weighted by Gasteiger charge is 2.56. The summed E-state index contributed by atoms with van der Waals surface area (Å²) in [5.74, 6) is -0.535. The van der Waals surface area contributed by atoms with Gasteiger partial charge in [-0.1, -0.05) is 12.2 Å². The first kappa shape index (κ1) is 20.3. The monoisotopic (exact) mass is 447 g/mol. The number of ether oxygens (including phenoxy) is 3. The van der Waals surface area contributed by atoms with E-state index in [0.29, 0.717) is 17.7 Å². The number of carbonyl (C=O) groups is 1. The first-order valence-electron chi connectivity index (χ1n) is 8.36. The van der Waals surface area contributed by atoms with Crippen molar-refractivity contribution in [2.75, 3.05) is 12.3 Å². The standard InChI is InChI=1S/C13H17N6O8PS/c1-2-15-8(20)12-24-5-6(25-12)11(27-28(21,22)23)26-10(5)19-3-16-4-7(19)17-13(14)18-9(4)29/h3,5-6,10-12H,2H2,1H3,(H,15,20)(H2,21,22,23)(H3,14,17,18,29)/p-1. The SMILES string of the molecule is CCNC(=O)C1OC2C(OP(=O)([O-])O)OC(n3cnc4c(=S)nc(N)[nH]c43)C2O1. The number of nitrogen functional groups attached to an aromatic ring is 1. The summed E-state index contributed by atoms with van der Waals surface area (Å²) in [6, 6.07) is 0. The molecule has 4 rings (SSSR count). The average Bonchev–Trinajstić information content (AvgIpc) is 3.28. The number of nitrogens with two attached hydrogens (primary N) is 1. The Hall–Kier alpha value is -1.97. The maximum absolute atomic E-state index is 12.1. The van der Waals surface area contributed by atoms with E-state index in [2.05, 4.69) is 24.8 Å². The van der Waals surface area contributed by atoms with Crippen LogP contribution in [-0.4, -0.2) is 61.7 Å². The van der Waals surface area contributed by atoms with Crippen LogP contribution < -0.4 is 15.9 Å². The Kier molecular flexibility index (Phi) is 5.16. The second-order valence-electron chi connectivity index (χ2n) is 6.17. The maximum Gasteiger partial charge on any atom is 0.277 e. The Bertz CT molecular complexity index is 1050. The molecular formula is C13H16N6O8PS-. The fourth-order valence-electron chi connectivity index (χ4n) is 3.18. The highest BCUT2D eigenvalue weighted by molar-refractivity contribution is 7.71. The zero-order valence-electron chi connectivity index (χ0n) is 14.8. The van der Waals surface area contributed by atoms with Gasteiger partial charge < -0.3 is 40.0 Å².